The number of carboxylic acids is 1. The molecule has 0 bridgehead atoms. The van der Waals surface area contributed by atoms with Gasteiger partial charge in [-0.05, 0) is 38.1 Å². The third-order valence-corrected chi connectivity index (χ3v) is 3.34. The maximum Gasteiger partial charge on any atom is 0.325 e. The number of hydrogen-bond acceptors (Lipinski definition) is 3. The van der Waals surface area contributed by atoms with Gasteiger partial charge in [0, 0.05) is 17.1 Å². The molecule has 0 unspecified atom stereocenters. The number of carbonyl (C=O) groups is 1. The number of carboxylic acid groups (broad SMARTS) is 1. The van der Waals surface area contributed by atoms with E-state index in [-0.39, 0.29) is 6.54 Å². The van der Waals surface area contributed by atoms with E-state index >= 15 is 0 Å². The summed E-state index contributed by atoms with van der Waals surface area (Å²) in [4.78, 5) is 13.9. The molecule has 0 atom stereocenters. The van der Waals surface area contributed by atoms with Crippen molar-refractivity contribution in [2.24, 2.45) is 0 Å². The van der Waals surface area contributed by atoms with Crippen LogP contribution in [0.1, 0.15) is 11.4 Å². The normalized spacial score (nSPS) is 11.0. The summed E-state index contributed by atoms with van der Waals surface area (Å²) in [5.41, 5.74) is 2.41. The second-order valence-electron chi connectivity index (χ2n) is 4.88. The van der Waals surface area contributed by atoms with Gasteiger partial charge >= 0.3 is 5.97 Å². The lowest BCUT2D eigenvalue weighted by Crippen LogP contribution is -2.11. The summed E-state index contributed by atoms with van der Waals surface area (Å²) < 4.78 is 7.32. The van der Waals surface area contributed by atoms with Crippen molar-refractivity contribution < 1.29 is 14.6 Å². The first-order chi connectivity index (χ1) is 10.0. The van der Waals surface area contributed by atoms with Crippen molar-refractivity contribution in [3.63, 3.8) is 0 Å². The lowest BCUT2D eigenvalue weighted by atomic mass is 10.2. The van der Waals surface area contributed by atoms with E-state index in [0.717, 1.165) is 10.9 Å². The smallest absolute Gasteiger partial charge is 0.325 e. The Bertz CT molecular complexity index is 817. The van der Waals surface area contributed by atoms with Gasteiger partial charge in [-0.15, -0.1) is 0 Å². The lowest BCUT2D eigenvalue weighted by molar-refractivity contribution is -0.137. The van der Waals surface area contributed by atoms with Crippen LogP contribution in [-0.2, 0) is 11.3 Å². The second-order valence-corrected chi connectivity index (χ2v) is 4.88. The van der Waals surface area contributed by atoms with Crippen molar-refractivity contribution in [3.05, 3.63) is 41.9 Å². The van der Waals surface area contributed by atoms with Crippen LogP contribution in [0.4, 0.5) is 0 Å². The van der Waals surface area contributed by atoms with Crippen LogP contribution >= 0.6 is 0 Å². The van der Waals surface area contributed by atoms with Gasteiger partial charge in [0.15, 0.2) is 5.75 Å². The molecule has 0 amide bonds. The molecule has 6 nitrogen and oxygen atoms in total. The molecule has 108 valence electrons. The van der Waals surface area contributed by atoms with Crippen molar-refractivity contribution in [2.45, 2.75) is 20.4 Å². The van der Waals surface area contributed by atoms with Gasteiger partial charge in [-0.25, -0.2) is 0 Å². The highest BCUT2D eigenvalue weighted by Crippen LogP contribution is 2.30. The molecule has 21 heavy (non-hydrogen) atoms. The first-order valence-corrected chi connectivity index (χ1v) is 6.55. The number of aromatic nitrogens is 3. The summed E-state index contributed by atoms with van der Waals surface area (Å²) >= 11 is 0. The Morgan fingerprint density at radius 3 is 2.95 bits per heavy atom. The minimum absolute atomic E-state index is 0.174. The van der Waals surface area contributed by atoms with Gasteiger partial charge in [-0.1, -0.05) is 0 Å². The Hall–Kier alpha value is -2.76. The first-order valence-electron chi connectivity index (χ1n) is 6.55. The Morgan fingerprint density at radius 1 is 1.38 bits per heavy atom. The van der Waals surface area contributed by atoms with E-state index in [2.05, 4.69) is 10.1 Å². The highest BCUT2D eigenvalue weighted by atomic mass is 16.5. The molecule has 3 aromatic rings. The van der Waals surface area contributed by atoms with Gasteiger partial charge in [-0.2, -0.15) is 5.10 Å². The average molecular weight is 285 g/mol. The van der Waals surface area contributed by atoms with Gasteiger partial charge in [0.25, 0.3) is 0 Å². The van der Waals surface area contributed by atoms with E-state index in [4.69, 9.17) is 9.84 Å². The zero-order valence-electron chi connectivity index (χ0n) is 11.8. The predicted octanol–water partition coefficient (Wildman–Crippen LogP) is 2.86. The van der Waals surface area contributed by atoms with Crippen LogP contribution < -0.4 is 4.74 Å². The van der Waals surface area contributed by atoms with E-state index in [1.807, 2.05) is 30.5 Å². The SMILES string of the molecule is Cc1nn(CC(=O)O)c(C)c1Oc1ccc2[nH]ccc2c1. The number of ether oxygens (including phenoxy) is 1. The van der Waals surface area contributed by atoms with E-state index in [1.54, 1.807) is 13.8 Å². The standard InChI is InChI=1S/C15H15N3O3/c1-9-15(10(2)18(17-9)8-14(19)20)21-12-3-4-13-11(7-12)5-6-16-13/h3-7,16H,8H2,1-2H3,(H,19,20). The Morgan fingerprint density at radius 2 is 2.19 bits per heavy atom. The second kappa shape index (κ2) is 4.97. The Labute approximate surface area is 121 Å². The zero-order valence-corrected chi connectivity index (χ0v) is 11.8. The molecule has 6 heteroatoms. The molecule has 1 aromatic carbocycles. The lowest BCUT2D eigenvalue weighted by Gasteiger charge is -2.06. The van der Waals surface area contributed by atoms with Crippen molar-refractivity contribution in [2.75, 3.05) is 0 Å². The summed E-state index contributed by atoms with van der Waals surface area (Å²) in [6, 6.07) is 7.71. The number of rotatable bonds is 4. The summed E-state index contributed by atoms with van der Waals surface area (Å²) in [6.45, 7) is 3.43. The number of hydrogen-bond donors (Lipinski definition) is 2. The molecule has 0 saturated heterocycles. The number of benzene rings is 1. The monoisotopic (exact) mass is 285 g/mol. The summed E-state index contributed by atoms with van der Waals surface area (Å²) in [7, 11) is 0. The van der Waals surface area contributed by atoms with Gasteiger partial charge in [0.1, 0.15) is 18.0 Å². The predicted molar refractivity (Wildman–Crippen MR) is 77.7 cm³/mol. The van der Waals surface area contributed by atoms with Gasteiger partial charge in [-0.3, -0.25) is 9.48 Å². The molecule has 3 rings (SSSR count). The van der Waals surface area contributed by atoms with Crippen LogP contribution in [0.25, 0.3) is 10.9 Å². The number of fused-ring (bicyclic) bond motifs is 1. The molecule has 0 aliphatic carbocycles. The molecular weight excluding hydrogens is 270 g/mol. The van der Waals surface area contributed by atoms with E-state index in [1.165, 1.54) is 4.68 Å². The number of aryl methyl sites for hydroxylation is 1. The molecule has 0 aliphatic rings. The topological polar surface area (TPSA) is 80.1 Å². The summed E-state index contributed by atoms with van der Waals surface area (Å²) in [5.74, 6) is 0.371. The van der Waals surface area contributed by atoms with E-state index in [9.17, 15) is 4.79 Å². The van der Waals surface area contributed by atoms with Crippen LogP contribution in [0.5, 0.6) is 11.5 Å². The minimum atomic E-state index is -0.930. The fourth-order valence-corrected chi connectivity index (χ4v) is 2.32. The molecule has 0 radical (unpaired) electrons. The van der Waals surface area contributed by atoms with Crippen LogP contribution in [0, 0.1) is 13.8 Å². The fraction of sp³-hybridized carbons (Fsp3) is 0.200. The van der Waals surface area contributed by atoms with Gasteiger partial charge in [0.2, 0.25) is 0 Å². The van der Waals surface area contributed by atoms with Crippen LogP contribution in [0.2, 0.25) is 0 Å². The molecule has 0 spiro atoms. The average Bonchev–Trinajstić information content (AvgIpc) is 2.98. The number of H-pyrrole nitrogens is 1. The molecule has 0 aliphatic heterocycles. The van der Waals surface area contributed by atoms with Gasteiger partial charge < -0.3 is 14.8 Å². The molecular formula is C15H15N3O3. The number of aliphatic carboxylic acids is 1. The molecule has 0 saturated carbocycles. The quantitative estimate of drug-likeness (QED) is 0.772. The molecule has 2 aromatic heterocycles. The number of aromatic amines is 1. The first kappa shape index (κ1) is 13.2. The molecule has 2 heterocycles. The van der Waals surface area contributed by atoms with Crippen LogP contribution in [-0.4, -0.2) is 25.8 Å². The third kappa shape index (κ3) is 2.47. The fourth-order valence-electron chi connectivity index (χ4n) is 2.32. The number of nitrogens with zero attached hydrogens (tertiary/aromatic N) is 2. The summed E-state index contributed by atoms with van der Waals surface area (Å²) in [5, 5.41) is 14.1. The maximum absolute atomic E-state index is 10.8. The Kier molecular flexibility index (Phi) is 3.13. The molecule has 2 N–H and O–H groups in total. The van der Waals surface area contributed by atoms with Crippen molar-refractivity contribution in [1.82, 2.24) is 14.8 Å². The Balaban J connectivity index is 1.93. The largest absolute Gasteiger partial charge is 0.480 e. The van der Waals surface area contributed by atoms with Gasteiger partial charge in [0.05, 0.1) is 5.69 Å². The van der Waals surface area contributed by atoms with E-state index in [0.29, 0.717) is 22.9 Å². The van der Waals surface area contributed by atoms with E-state index < -0.39 is 5.97 Å². The highest BCUT2D eigenvalue weighted by molar-refractivity contribution is 5.80. The van der Waals surface area contributed by atoms with Crippen molar-refractivity contribution in [3.8, 4) is 11.5 Å². The molecule has 0 fully saturated rings. The number of nitrogens with one attached hydrogen (secondary N) is 1. The highest BCUT2D eigenvalue weighted by Gasteiger charge is 2.15. The van der Waals surface area contributed by atoms with Crippen molar-refractivity contribution in [1.29, 1.82) is 0 Å². The van der Waals surface area contributed by atoms with Crippen LogP contribution in [0.15, 0.2) is 30.5 Å². The van der Waals surface area contributed by atoms with Crippen LogP contribution in [0.3, 0.4) is 0 Å². The zero-order chi connectivity index (χ0) is 15.0. The summed E-state index contributed by atoms with van der Waals surface area (Å²) in [6.07, 6.45) is 1.87. The minimum Gasteiger partial charge on any atom is -0.480 e. The maximum atomic E-state index is 10.8. The third-order valence-electron chi connectivity index (χ3n) is 3.34. The van der Waals surface area contributed by atoms with Crippen molar-refractivity contribution >= 4 is 16.9 Å².